The van der Waals surface area contributed by atoms with E-state index in [0.29, 0.717) is 31.6 Å². The van der Waals surface area contributed by atoms with Gasteiger partial charge in [0.25, 0.3) is 0 Å². The van der Waals surface area contributed by atoms with Crippen LogP contribution in [0.25, 0.3) is 0 Å². The van der Waals surface area contributed by atoms with Gasteiger partial charge in [0.05, 0.1) is 23.4 Å². The van der Waals surface area contributed by atoms with Crippen LogP contribution in [-0.4, -0.2) is 66.0 Å². The Morgan fingerprint density at radius 1 is 0.907 bits per heavy atom. The van der Waals surface area contributed by atoms with Crippen LogP contribution in [0.5, 0.6) is 11.5 Å². The van der Waals surface area contributed by atoms with Gasteiger partial charge in [-0.3, -0.25) is 19.2 Å². The summed E-state index contributed by atoms with van der Waals surface area (Å²) in [4.78, 5) is 52.4. The highest BCUT2D eigenvalue weighted by atomic mass is 16.6. The maximum absolute atomic E-state index is 12.8. The highest BCUT2D eigenvalue weighted by Gasteiger charge is 2.34. The van der Waals surface area contributed by atoms with Crippen molar-refractivity contribution in [3.63, 3.8) is 0 Å². The van der Waals surface area contributed by atoms with E-state index in [1.54, 1.807) is 52.5 Å². The highest BCUT2D eigenvalue weighted by molar-refractivity contribution is 5.89. The molecule has 2 amide bonds. The highest BCUT2D eigenvalue weighted by Crippen LogP contribution is 2.34. The van der Waals surface area contributed by atoms with Gasteiger partial charge in [0.2, 0.25) is 11.8 Å². The van der Waals surface area contributed by atoms with Crippen molar-refractivity contribution in [1.82, 2.24) is 15.5 Å². The number of carbonyl (C=O) groups excluding carboxylic acids is 4. The van der Waals surface area contributed by atoms with E-state index >= 15 is 0 Å². The summed E-state index contributed by atoms with van der Waals surface area (Å²) >= 11 is 0. The third kappa shape index (κ3) is 9.90. The fraction of sp³-hybridized carbons (Fsp3) is 0.515. The van der Waals surface area contributed by atoms with E-state index in [2.05, 4.69) is 10.6 Å². The molecule has 2 aromatic rings. The maximum atomic E-state index is 12.8. The van der Waals surface area contributed by atoms with Crippen LogP contribution in [0.1, 0.15) is 71.6 Å². The van der Waals surface area contributed by atoms with E-state index in [0.717, 1.165) is 12.0 Å². The van der Waals surface area contributed by atoms with E-state index in [-0.39, 0.29) is 36.3 Å². The molecular formula is C33H45N3O7. The minimum atomic E-state index is -0.962. The van der Waals surface area contributed by atoms with Crippen molar-refractivity contribution in [2.75, 3.05) is 26.2 Å². The van der Waals surface area contributed by atoms with Crippen LogP contribution in [0, 0.1) is 10.8 Å². The first-order valence-corrected chi connectivity index (χ1v) is 14.7. The molecule has 0 aliphatic carbocycles. The van der Waals surface area contributed by atoms with Crippen LogP contribution in [0.4, 0.5) is 0 Å². The number of amides is 2. The largest absolute Gasteiger partial charge is 0.422 e. The van der Waals surface area contributed by atoms with Crippen molar-refractivity contribution in [3.8, 4) is 11.5 Å². The summed E-state index contributed by atoms with van der Waals surface area (Å²) in [6, 6.07) is 13.6. The van der Waals surface area contributed by atoms with Crippen LogP contribution >= 0.6 is 0 Å². The summed E-state index contributed by atoms with van der Waals surface area (Å²) in [5, 5.41) is 16.8. The Balaban J connectivity index is 1.52. The van der Waals surface area contributed by atoms with Crippen molar-refractivity contribution in [2.45, 2.75) is 73.0 Å². The van der Waals surface area contributed by atoms with Crippen molar-refractivity contribution >= 4 is 23.8 Å². The monoisotopic (exact) mass is 595 g/mol. The fourth-order valence-electron chi connectivity index (χ4n) is 4.36. The fourth-order valence-corrected chi connectivity index (χ4v) is 4.36. The number of carbonyl (C=O) groups is 4. The first kappa shape index (κ1) is 33.7. The molecule has 2 aromatic carbocycles. The molecule has 0 bridgehead atoms. The first-order valence-electron chi connectivity index (χ1n) is 14.7. The second kappa shape index (κ2) is 14.6. The molecule has 1 heterocycles. The van der Waals surface area contributed by atoms with E-state index in [9.17, 15) is 24.3 Å². The number of nitrogens with one attached hydrogen (secondary N) is 2. The van der Waals surface area contributed by atoms with Gasteiger partial charge in [-0.05, 0) is 77.6 Å². The SMILES string of the molecule is CC(C)(C)C(=O)Oc1ccc(C(O)CNCCNC(=O)C2CCCN2C(=O)Cc2ccccc2)cc1OC(=O)C(C)(C)C. The van der Waals surface area contributed by atoms with Gasteiger partial charge in [-0.1, -0.05) is 36.4 Å². The van der Waals surface area contributed by atoms with Gasteiger partial charge < -0.3 is 30.1 Å². The van der Waals surface area contributed by atoms with Gasteiger partial charge in [0, 0.05) is 26.2 Å². The Morgan fingerprint density at radius 3 is 2.16 bits per heavy atom. The second-order valence-corrected chi connectivity index (χ2v) is 12.9. The molecule has 0 radical (unpaired) electrons. The Morgan fingerprint density at radius 2 is 1.53 bits per heavy atom. The Kier molecular flexibility index (Phi) is 11.5. The summed E-state index contributed by atoms with van der Waals surface area (Å²) < 4.78 is 11.1. The van der Waals surface area contributed by atoms with Gasteiger partial charge in [-0.2, -0.15) is 0 Å². The number of benzene rings is 2. The lowest BCUT2D eigenvalue weighted by molar-refractivity contribution is -0.145. The molecule has 43 heavy (non-hydrogen) atoms. The molecule has 0 saturated carbocycles. The molecule has 0 spiro atoms. The molecule has 1 aliphatic rings. The lowest BCUT2D eigenvalue weighted by Crippen LogP contribution is -2.47. The predicted octanol–water partition coefficient (Wildman–Crippen LogP) is 3.56. The van der Waals surface area contributed by atoms with Gasteiger partial charge in [-0.15, -0.1) is 0 Å². The lowest BCUT2D eigenvalue weighted by atomic mass is 9.97. The number of hydrogen-bond acceptors (Lipinski definition) is 8. The lowest BCUT2D eigenvalue weighted by Gasteiger charge is -2.24. The third-order valence-electron chi connectivity index (χ3n) is 7.00. The normalized spacial score (nSPS) is 16.0. The van der Waals surface area contributed by atoms with Gasteiger partial charge in [-0.25, -0.2) is 0 Å². The molecule has 234 valence electrons. The molecule has 0 aromatic heterocycles. The van der Waals surface area contributed by atoms with Gasteiger partial charge >= 0.3 is 11.9 Å². The second-order valence-electron chi connectivity index (χ2n) is 12.9. The van der Waals surface area contributed by atoms with Gasteiger partial charge in [0.15, 0.2) is 11.5 Å². The zero-order valence-electron chi connectivity index (χ0n) is 26.1. The summed E-state index contributed by atoms with van der Waals surface area (Å²) in [7, 11) is 0. The standard InChI is InChI=1S/C33H45N3O7/c1-32(2,3)30(40)42-26-15-14-23(20-27(26)43-31(41)33(4,5)6)25(37)21-34-16-17-35-29(39)24-13-10-18-36(24)28(38)19-22-11-8-7-9-12-22/h7-9,11-12,14-15,20,24-25,34,37H,10,13,16-19,21H2,1-6H3,(H,35,39). The van der Waals surface area contributed by atoms with Gasteiger partial charge in [0.1, 0.15) is 6.04 Å². The van der Waals surface area contributed by atoms with Crippen molar-refractivity contribution in [1.29, 1.82) is 0 Å². The Hall–Kier alpha value is -3.76. The van der Waals surface area contributed by atoms with Crippen LogP contribution in [-0.2, 0) is 25.6 Å². The number of likely N-dealkylation sites (tertiary alicyclic amines) is 1. The average Bonchev–Trinajstić information content (AvgIpc) is 3.43. The number of nitrogens with zero attached hydrogens (tertiary/aromatic N) is 1. The predicted molar refractivity (Wildman–Crippen MR) is 162 cm³/mol. The molecule has 3 N–H and O–H groups in total. The molecule has 10 heteroatoms. The first-order chi connectivity index (χ1) is 20.2. The minimum absolute atomic E-state index is 0.0456. The minimum Gasteiger partial charge on any atom is -0.422 e. The average molecular weight is 596 g/mol. The molecule has 1 saturated heterocycles. The molecule has 3 rings (SSSR count). The van der Waals surface area contributed by atoms with Crippen molar-refractivity contribution in [2.24, 2.45) is 10.8 Å². The molecule has 2 atom stereocenters. The Labute approximate surface area is 254 Å². The van der Waals surface area contributed by atoms with Crippen LogP contribution in [0.2, 0.25) is 0 Å². The van der Waals surface area contributed by atoms with E-state index < -0.39 is 34.9 Å². The topological polar surface area (TPSA) is 134 Å². The number of aliphatic hydroxyl groups is 1. The quantitative estimate of drug-likeness (QED) is 0.204. The molecule has 2 unspecified atom stereocenters. The molecule has 1 aliphatic heterocycles. The van der Waals surface area contributed by atoms with Crippen LogP contribution in [0.15, 0.2) is 48.5 Å². The molecular weight excluding hydrogens is 550 g/mol. The van der Waals surface area contributed by atoms with Crippen LogP contribution < -0.4 is 20.1 Å². The molecule has 10 nitrogen and oxygen atoms in total. The number of hydrogen-bond donors (Lipinski definition) is 3. The van der Waals surface area contributed by atoms with Crippen LogP contribution in [0.3, 0.4) is 0 Å². The zero-order chi connectivity index (χ0) is 31.8. The van der Waals surface area contributed by atoms with E-state index in [4.69, 9.17) is 9.47 Å². The number of esters is 2. The summed E-state index contributed by atoms with van der Waals surface area (Å²) in [6.45, 7) is 11.7. The number of rotatable bonds is 11. The summed E-state index contributed by atoms with van der Waals surface area (Å²) in [5.41, 5.74) is -0.184. The zero-order valence-corrected chi connectivity index (χ0v) is 26.1. The maximum Gasteiger partial charge on any atom is 0.316 e. The van der Waals surface area contributed by atoms with E-state index in [1.165, 1.54) is 12.1 Å². The smallest absolute Gasteiger partial charge is 0.316 e. The number of aliphatic hydroxyl groups excluding tert-OH is 1. The number of ether oxygens (including phenoxy) is 2. The Bertz CT molecular complexity index is 1280. The summed E-state index contributed by atoms with van der Waals surface area (Å²) in [6.07, 6.45) is 0.712. The summed E-state index contributed by atoms with van der Waals surface area (Å²) in [5.74, 6) is -1.11. The molecule has 1 fully saturated rings. The van der Waals surface area contributed by atoms with Crippen molar-refractivity contribution < 1.29 is 33.8 Å². The van der Waals surface area contributed by atoms with E-state index in [1.807, 2.05) is 30.3 Å². The third-order valence-corrected chi connectivity index (χ3v) is 7.00. The van der Waals surface area contributed by atoms with Crippen molar-refractivity contribution in [3.05, 3.63) is 59.7 Å².